The Bertz CT molecular complexity index is 530. The molecule has 0 saturated heterocycles. The van der Waals surface area contributed by atoms with Crippen LogP contribution in [0.25, 0.3) is 0 Å². The number of hydrogen-bond donors (Lipinski definition) is 2. The zero-order chi connectivity index (χ0) is 17.6. The van der Waals surface area contributed by atoms with E-state index in [1.807, 2.05) is 12.1 Å². The van der Waals surface area contributed by atoms with Crippen LogP contribution in [-0.2, 0) is 11.2 Å². The number of nitrogens with one attached hydrogen (secondary N) is 1. The summed E-state index contributed by atoms with van der Waals surface area (Å²) < 4.78 is 0. The number of rotatable bonds is 9. The lowest BCUT2D eigenvalue weighted by Gasteiger charge is -2.24. The Labute approximate surface area is 149 Å². The van der Waals surface area contributed by atoms with E-state index in [4.69, 9.17) is 23.2 Å². The number of carbonyl (C=O) groups is 1. The number of carboxylic acids is 1. The number of carboxylic acid groups (broad SMARTS) is 1. The minimum Gasteiger partial charge on any atom is -0.481 e. The lowest BCUT2D eigenvalue weighted by Crippen LogP contribution is -2.36. The molecule has 0 aliphatic heterocycles. The second-order valence-electron chi connectivity index (χ2n) is 7.16. The van der Waals surface area contributed by atoms with Gasteiger partial charge in [0, 0.05) is 16.1 Å². The smallest absolute Gasteiger partial charge is 0.309 e. The van der Waals surface area contributed by atoms with Gasteiger partial charge in [-0.2, -0.15) is 0 Å². The average molecular weight is 360 g/mol. The van der Waals surface area contributed by atoms with Gasteiger partial charge in [-0.15, -0.1) is 0 Å². The number of halogens is 2. The van der Waals surface area contributed by atoms with Crippen molar-refractivity contribution in [2.45, 2.75) is 53.0 Å². The molecule has 1 aromatic carbocycles. The third kappa shape index (κ3) is 7.11. The maximum atomic E-state index is 11.2. The molecule has 0 aliphatic rings. The van der Waals surface area contributed by atoms with Gasteiger partial charge in [0.05, 0.1) is 5.41 Å². The van der Waals surface area contributed by atoms with Gasteiger partial charge in [-0.05, 0) is 63.3 Å². The predicted octanol–water partition coefficient (Wildman–Crippen LogP) is 5.04. The first-order valence-electron chi connectivity index (χ1n) is 8.02. The summed E-state index contributed by atoms with van der Waals surface area (Å²) in [7, 11) is 0. The highest BCUT2D eigenvalue weighted by Crippen LogP contribution is 2.24. The summed E-state index contributed by atoms with van der Waals surface area (Å²) in [6.07, 6.45) is 2.40. The molecule has 1 aromatic rings. The van der Waals surface area contributed by atoms with Gasteiger partial charge in [-0.1, -0.05) is 43.1 Å². The van der Waals surface area contributed by atoms with E-state index in [0.717, 1.165) is 18.4 Å². The molecule has 0 spiro atoms. The van der Waals surface area contributed by atoms with Crippen LogP contribution in [-0.4, -0.2) is 23.7 Å². The van der Waals surface area contributed by atoms with Crippen molar-refractivity contribution >= 4 is 29.2 Å². The predicted molar refractivity (Wildman–Crippen MR) is 97.4 cm³/mol. The molecule has 3 nitrogen and oxygen atoms in total. The maximum Gasteiger partial charge on any atom is 0.309 e. The lowest BCUT2D eigenvalue weighted by atomic mass is 9.89. The van der Waals surface area contributed by atoms with E-state index in [-0.39, 0.29) is 6.04 Å². The van der Waals surface area contributed by atoms with Crippen molar-refractivity contribution in [1.82, 2.24) is 5.32 Å². The zero-order valence-electron chi connectivity index (χ0n) is 14.3. The summed E-state index contributed by atoms with van der Waals surface area (Å²) in [4.78, 5) is 11.2. The summed E-state index contributed by atoms with van der Waals surface area (Å²) in [5.41, 5.74) is 0.347. The van der Waals surface area contributed by atoms with Crippen molar-refractivity contribution < 1.29 is 9.90 Å². The van der Waals surface area contributed by atoms with E-state index in [1.54, 1.807) is 19.9 Å². The molecule has 0 aromatic heterocycles. The summed E-state index contributed by atoms with van der Waals surface area (Å²) in [5.74, 6) is -0.216. The standard InChI is InChI=1S/C18H27Cl2NO2/c1-12(2)9-15(21-8-7-18(3,4)17(22)23)10-13-5-6-14(19)11-16(13)20/h5-6,11-12,15,21H,7-10H2,1-4H3,(H,22,23). The van der Waals surface area contributed by atoms with Crippen molar-refractivity contribution in [3.8, 4) is 0 Å². The number of benzene rings is 1. The second-order valence-corrected chi connectivity index (χ2v) is 8.00. The molecule has 130 valence electrons. The molecule has 0 saturated carbocycles. The van der Waals surface area contributed by atoms with Crippen LogP contribution in [0.3, 0.4) is 0 Å². The Hall–Kier alpha value is -0.770. The normalized spacial score (nSPS) is 13.3. The van der Waals surface area contributed by atoms with Crippen LogP contribution in [0.4, 0.5) is 0 Å². The van der Waals surface area contributed by atoms with E-state index in [9.17, 15) is 9.90 Å². The summed E-state index contributed by atoms with van der Waals surface area (Å²) >= 11 is 12.2. The SMILES string of the molecule is CC(C)CC(Cc1ccc(Cl)cc1Cl)NCCC(C)(C)C(=O)O. The van der Waals surface area contributed by atoms with Crippen molar-refractivity contribution in [2.24, 2.45) is 11.3 Å². The van der Waals surface area contributed by atoms with Gasteiger partial charge in [0.2, 0.25) is 0 Å². The Balaban J connectivity index is 2.67. The number of hydrogen-bond acceptors (Lipinski definition) is 2. The largest absolute Gasteiger partial charge is 0.481 e. The Morgan fingerprint density at radius 2 is 1.96 bits per heavy atom. The molecule has 0 fully saturated rings. The monoisotopic (exact) mass is 359 g/mol. The quantitative estimate of drug-likeness (QED) is 0.649. The van der Waals surface area contributed by atoms with Crippen LogP contribution >= 0.6 is 23.2 Å². The highest BCUT2D eigenvalue weighted by Gasteiger charge is 2.26. The van der Waals surface area contributed by atoms with E-state index in [1.165, 1.54) is 0 Å². The molecule has 5 heteroatoms. The highest BCUT2D eigenvalue weighted by atomic mass is 35.5. The molecule has 0 amide bonds. The molecule has 0 radical (unpaired) electrons. The first-order chi connectivity index (χ1) is 10.6. The van der Waals surface area contributed by atoms with Gasteiger partial charge in [-0.25, -0.2) is 0 Å². The molecule has 1 atom stereocenters. The fourth-order valence-corrected chi connectivity index (χ4v) is 2.94. The van der Waals surface area contributed by atoms with E-state index in [2.05, 4.69) is 19.2 Å². The van der Waals surface area contributed by atoms with Crippen molar-refractivity contribution in [1.29, 1.82) is 0 Å². The Kier molecular flexibility index (Phi) is 7.85. The molecule has 1 unspecified atom stereocenters. The molecule has 0 heterocycles. The number of aliphatic carboxylic acids is 1. The van der Waals surface area contributed by atoms with Crippen molar-refractivity contribution in [3.63, 3.8) is 0 Å². The lowest BCUT2D eigenvalue weighted by molar-refractivity contribution is -0.147. The summed E-state index contributed by atoms with van der Waals surface area (Å²) in [6.45, 7) is 8.54. The van der Waals surface area contributed by atoms with Crippen LogP contribution in [0.15, 0.2) is 18.2 Å². The topological polar surface area (TPSA) is 49.3 Å². The summed E-state index contributed by atoms with van der Waals surface area (Å²) in [6, 6.07) is 5.83. The van der Waals surface area contributed by atoms with Gasteiger partial charge < -0.3 is 10.4 Å². The zero-order valence-corrected chi connectivity index (χ0v) is 15.8. The Morgan fingerprint density at radius 3 is 2.48 bits per heavy atom. The molecular weight excluding hydrogens is 333 g/mol. The second kappa shape index (κ2) is 8.91. The van der Waals surface area contributed by atoms with E-state index in [0.29, 0.717) is 28.9 Å². The molecule has 0 aliphatic carbocycles. The van der Waals surface area contributed by atoms with Gasteiger partial charge in [0.25, 0.3) is 0 Å². The Morgan fingerprint density at radius 1 is 1.30 bits per heavy atom. The van der Waals surface area contributed by atoms with E-state index >= 15 is 0 Å². The minimum absolute atomic E-state index is 0.262. The van der Waals surface area contributed by atoms with Crippen LogP contribution in [0.2, 0.25) is 10.0 Å². The molecule has 23 heavy (non-hydrogen) atoms. The van der Waals surface area contributed by atoms with Gasteiger partial charge >= 0.3 is 5.97 Å². The summed E-state index contributed by atoms with van der Waals surface area (Å²) in [5, 5.41) is 14.0. The van der Waals surface area contributed by atoms with Crippen LogP contribution < -0.4 is 5.32 Å². The molecule has 0 bridgehead atoms. The van der Waals surface area contributed by atoms with Gasteiger partial charge in [0.1, 0.15) is 0 Å². The van der Waals surface area contributed by atoms with Gasteiger partial charge in [0.15, 0.2) is 0 Å². The fourth-order valence-electron chi connectivity index (χ4n) is 2.46. The van der Waals surface area contributed by atoms with Crippen molar-refractivity contribution in [3.05, 3.63) is 33.8 Å². The average Bonchev–Trinajstić information content (AvgIpc) is 2.40. The minimum atomic E-state index is -0.763. The van der Waals surface area contributed by atoms with Gasteiger partial charge in [-0.3, -0.25) is 4.79 Å². The third-order valence-electron chi connectivity index (χ3n) is 4.00. The molecule has 1 rings (SSSR count). The fraction of sp³-hybridized carbons (Fsp3) is 0.611. The van der Waals surface area contributed by atoms with E-state index < -0.39 is 11.4 Å². The van der Waals surface area contributed by atoms with Crippen LogP contribution in [0.5, 0.6) is 0 Å². The first-order valence-corrected chi connectivity index (χ1v) is 8.78. The maximum absolute atomic E-state index is 11.2. The highest BCUT2D eigenvalue weighted by molar-refractivity contribution is 6.35. The van der Waals surface area contributed by atoms with Crippen LogP contribution in [0, 0.1) is 11.3 Å². The first kappa shape index (κ1) is 20.3. The molecular formula is C18H27Cl2NO2. The molecule has 2 N–H and O–H groups in total. The van der Waals surface area contributed by atoms with Crippen LogP contribution in [0.1, 0.15) is 46.1 Å². The van der Waals surface area contributed by atoms with Crippen molar-refractivity contribution in [2.75, 3.05) is 6.54 Å². The third-order valence-corrected chi connectivity index (χ3v) is 4.59.